The van der Waals surface area contributed by atoms with Gasteiger partial charge in [0.1, 0.15) is 0 Å². The van der Waals surface area contributed by atoms with Gasteiger partial charge in [-0.1, -0.05) is 6.07 Å². The van der Waals surface area contributed by atoms with E-state index in [9.17, 15) is 4.79 Å². The van der Waals surface area contributed by atoms with Crippen molar-refractivity contribution in [3.63, 3.8) is 0 Å². The molecular weight excluding hydrogens is 326 g/mol. The van der Waals surface area contributed by atoms with E-state index in [0.717, 1.165) is 23.3 Å². The molecule has 0 aromatic heterocycles. The normalized spacial score (nSPS) is 33.0. The largest absolute Gasteiger partial charge is 0.493 e. The third-order valence-electron chi connectivity index (χ3n) is 7.19. The molecule has 4 bridgehead atoms. The summed E-state index contributed by atoms with van der Waals surface area (Å²) in [5, 5.41) is 3.34. The molecule has 0 aliphatic heterocycles. The molecule has 5 rings (SSSR count). The Balaban J connectivity index is 1.40. The SMILES string of the molecule is COc1ccc(CC(=O)N[C@@H](C)C23CC4CC(CC(C4)C2)C3)cc1OC. The number of carbonyl (C=O) groups is 1. The fourth-order valence-corrected chi connectivity index (χ4v) is 6.33. The maximum absolute atomic E-state index is 12.7. The summed E-state index contributed by atoms with van der Waals surface area (Å²) in [5.74, 6) is 4.20. The van der Waals surface area contributed by atoms with E-state index in [0.29, 0.717) is 23.3 Å². The number of methoxy groups -OCH3 is 2. The predicted molar refractivity (Wildman–Crippen MR) is 101 cm³/mol. The lowest BCUT2D eigenvalue weighted by Gasteiger charge is -2.59. The molecule has 142 valence electrons. The molecule has 1 aromatic carbocycles. The molecule has 4 aliphatic carbocycles. The van der Waals surface area contributed by atoms with Gasteiger partial charge in [-0.2, -0.15) is 0 Å². The summed E-state index contributed by atoms with van der Waals surface area (Å²) in [7, 11) is 3.24. The first-order valence-corrected chi connectivity index (χ1v) is 10.0. The van der Waals surface area contributed by atoms with Gasteiger partial charge in [0.15, 0.2) is 11.5 Å². The number of nitrogens with one attached hydrogen (secondary N) is 1. The van der Waals surface area contributed by atoms with Crippen LogP contribution in [0.4, 0.5) is 0 Å². The molecule has 4 fully saturated rings. The highest BCUT2D eigenvalue weighted by atomic mass is 16.5. The van der Waals surface area contributed by atoms with Gasteiger partial charge < -0.3 is 14.8 Å². The third kappa shape index (κ3) is 3.19. The lowest BCUT2D eigenvalue weighted by Crippen LogP contribution is -2.56. The van der Waals surface area contributed by atoms with Gasteiger partial charge in [0.25, 0.3) is 0 Å². The van der Waals surface area contributed by atoms with E-state index in [1.54, 1.807) is 14.2 Å². The number of rotatable bonds is 6. The van der Waals surface area contributed by atoms with E-state index in [4.69, 9.17) is 9.47 Å². The molecule has 1 aromatic rings. The lowest BCUT2D eigenvalue weighted by molar-refractivity contribution is -0.125. The fraction of sp³-hybridized carbons (Fsp3) is 0.682. The number of benzene rings is 1. The van der Waals surface area contributed by atoms with Crippen molar-refractivity contribution in [1.82, 2.24) is 5.32 Å². The Hall–Kier alpha value is -1.71. The zero-order chi connectivity index (χ0) is 18.3. The minimum absolute atomic E-state index is 0.112. The average Bonchev–Trinajstić information content (AvgIpc) is 2.60. The maximum atomic E-state index is 12.7. The van der Waals surface area contributed by atoms with Crippen molar-refractivity contribution in [3.05, 3.63) is 23.8 Å². The molecule has 4 saturated carbocycles. The zero-order valence-corrected chi connectivity index (χ0v) is 16.2. The van der Waals surface area contributed by atoms with Crippen LogP contribution in [0.1, 0.15) is 51.0 Å². The van der Waals surface area contributed by atoms with Crippen LogP contribution in [0.3, 0.4) is 0 Å². The van der Waals surface area contributed by atoms with Crippen molar-refractivity contribution in [2.45, 2.75) is 57.9 Å². The summed E-state index contributed by atoms with van der Waals surface area (Å²) in [6.45, 7) is 2.24. The second-order valence-corrected chi connectivity index (χ2v) is 8.94. The quantitative estimate of drug-likeness (QED) is 0.838. The van der Waals surface area contributed by atoms with Gasteiger partial charge in [-0.25, -0.2) is 0 Å². The molecule has 4 heteroatoms. The van der Waals surface area contributed by atoms with Crippen LogP contribution in [0.25, 0.3) is 0 Å². The second-order valence-electron chi connectivity index (χ2n) is 8.94. The number of amides is 1. The van der Waals surface area contributed by atoms with Crippen molar-refractivity contribution in [2.75, 3.05) is 14.2 Å². The maximum Gasteiger partial charge on any atom is 0.224 e. The van der Waals surface area contributed by atoms with Crippen LogP contribution in [0.15, 0.2) is 18.2 Å². The number of hydrogen-bond donors (Lipinski definition) is 1. The fourth-order valence-electron chi connectivity index (χ4n) is 6.33. The van der Waals surface area contributed by atoms with Crippen molar-refractivity contribution >= 4 is 5.91 Å². The van der Waals surface area contributed by atoms with Gasteiger partial charge in [0.2, 0.25) is 5.91 Å². The molecule has 0 radical (unpaired) electrons. The van der Waals surface area contributed by atoms with Gasteiger partial charge in [0.05, 0.1) is 20.6 Å². The Kier molecular flexibility index (Phi) is 4.62. The summed E-state index contributed by atoms with van der Waals surface area (Å²) in [5.41, 5.74) is 1.31. The summed E-state index contributed by atoms with van der Waals surface area (Å²) < 4.78 is 10.6. The first-order valence-electron chi connectivity index (χ1n) is 10.0. The van der Waals surface area contributed by atoms with E-state index in [1.165, 1.54) is 38.5 Å². The van der Waals surface area contributed by atoms with Crippen molar-refractivity contribution < 1.29 is 14.3 Å². The molecule has 4 aliphatic rings. The molecule has 0 saturated heterocycles. The van der Waals surface area contributed by atoms with Crippen LogP contribution in [-0.2, 0) is 11.2 Å². The third-order valence-corrected chi connectivity index (χ3v) is 7.19. The molecule has 0 spiro atoms. The Labute approximate surface area is 156 Å². The van der Waals surface area contributed by atoms with Crippen LogP contribution in [0.2, 0.25) is 0 Å². The molecule has 4 nitrogen and oxygen atoms in total. The van der Waals surface area contributed by atoms with Crippen LogP contribution in [0, 0.1) is 23.2 Å². The highest BCUT2D eigenvalue weighted by Crippen LogP contribution is 2.61. The standard InChI is InChI=1S/C22H31NO3/c1-14(22-11-16-6-17(12-22)8-18(7-16)13-22)23-21(24)10-15-4-5-19(25-2)20(9-15)26-3/h4-5,9,14,16-18H,6-8,10-13H2,1-3H3,(H,23,24)/t14-,16?,17?,18?,22?/m0/s1. The van der Waals surface area contributed by atoms with E-state index in [2.05, 4.69) is 12.2 Å². The van der Waals surface area contributed by atoms with Crippen LogP contribution in [-0.4, -0.2) is 26.2 Å². The summed E-state index contributed by atoms with van der Waals surface area (Å²) in [4.78, 5) is 12.7. The van der Waals surface area contributed by atoms with Gasteiger partial charge in [0, 0.05) is 6.04 Å². The zero-order valence-electron chi connectivity index (χ0n) is 16.2. The van der Waals surface area contributed by atoms with E-state index in [-0.39, 0.29) is 11.9 Å². The summed E-state index contributed by atoms with van der Waals surface area (Å²) in [6, 6.07) is 5.97. The molecule has 1 amide bonds. The first kappa shape index (κ1) is 17.7. The Morgan fingerprint density at radius 2 is 1.65 bits per heavy atom. The van der Waals surface area contributed by atoms with Crippen molar-refractivity contribution in [2.24, 2.45) is 23.2 Å². The van der Waals surface area contributed by atoms with Crippen molar-refractivity contribution in [1.29, 1.82) is 0 Å². The monoisotopic (exact) mass is 357 g/mol. The number of carbonyl (C=O) groups excluding carboxylic acids is 1. The Morgan fingerprint density at radius 1 is 1.08 bits per heavy atom. The molecule has 1 N–H and O–H groups in total. The van der Waals surface area contributed by atoms with E-state index < -0.39 is 0 Å². The van der Waals surface area contributed by atoms with E-state index in [1.807, 2.05) is 18.2 Å². The van der Waals surface area contributed by atoms with Crippen LogP contribution in [0.5, 0.6) is 11.5 Å². The highest BCUT2D eigenvalue weighted by molar-refractivity contribution is 5.79. The highest BCUT2D eigenvalue weighted by Gasteiger charge is 2.53. The van der Waals surface area contributed by atoms with Crippen LogP contribution < -0.4 is 14.8 Å². The Bertz CT molecular complexity index is 649. The van der Waals surface area contributed by atoms with Gasteiger partial charge >= 0.3 is 0 Å². The predicted octanol–water partition coefficient (Wildman–Crippen LogP) is 3.97. The topological polar surface area (TPSA) is 47.6 Å². The van der Waals surface area contributed by atoms with Crippen LogP contribution >= 0.6 is 0 Å². The molecule has 1 atom stereocenters. The summed E-state index contributed by atoms with van der Waals surface area (Å²) in [6.07, 6.45) is 8.64. The van der Waals surface area contributed by atoms with Crippen molar-refractivity contribution in [3.8, 4) is 11.5 Å². The summed E-state index contributed by atoms with van der Waals surface area (Å²) >= 11 is 0. The molecular formula is C22H31NO3. The van der Waals surface area contributed by atoms with Gasteiger partial charge in [-0.05, 0) is 86.3 Å². The van der Waals surface area contributed by atoms with E-state index >= 15 is 0 Å². The Morgan fingerprint density at radius 3 is 2.19 bits per heavy atom. The smallest absolute Gasteiger partial charge is 0.224 e. The molecule has 26 heavy (non-hydrogen) atoms. The minimum atomic E-state index is 0.112. The second kappa shape index (κ2) is 6.79. The van der Waals surface area contributed by atoms with Gasteiger partial charge in [-0.3, -0.25) is 4.79 Å². The first-order chi connectivity index (χ1) is 12.5. The minimum Gasteiger partial charge on any atom is -0.493 e. The van der Waals surface area contributed by atoms with Gasteiger partial charge in [-0.15, -0.1) is 0 Å². The lowest BCUT2D eigenvalue weighted by atomic mass is 9.48. The molecule has 0 heterocycles. The molecule has 0 unspecified atom stereocenters. The average molecular weight is 357 g/mol. The number of ether oxygens (including phenoxy) is 2. The number of hydrogen-bond acceptors (Lipinski definition) is 3.